The summed E-state index contributed by atoms with van der Waals surface area (Å²) >= 11 is 0. The SMILES string of the molecule is COc1ccc2c(/C=C/C(=O)c3cc(OC)c(OC)c(OC)c3)c[nH]c2c1. The van der Waals surface area contributed by atoms with Crippen LogP contribution in [0.4, 0.5) is 0 Å². The Balaban J connectivity index is 1.91. The summed E-state index contributed by atoms with van der Waals surface area (Å²) in [6.07, 6.45) is 5.15. The Kier molecular flexibility index (Phi) is 5.35. The number of methoxy groups -OCH3 is 4. The molecule has 27 heavy (non-hydrogen) atoms. The molecule has 0 saturated carbocycles. The minimum atomic E-state index is -0.169. The van der Waals surface area contributed by atoms with E-state index in [4.69, 9.17) is 18.9 Å². The van der Waals surface area contributed by atoms with Crippen molar-refractivity contribution in [3.8, 4) is 23.0 Å². The van der Waals surface area contributed by atoms with Gasteiger partial charge in [-0.25, -0.2) is 0 Å². The fraction of sp³-hybridized carbons (Fsp3) is 0.190. The zero-order valence-electron chi connectivity index (χ0n) is 15.7. The molecule has 0 amide bonds. The van der Waals surface area contributed by atoms with Crippen LogP contribution in [0, 0.1) is 0 Å². The minimum Gasteiger partial charge on any atom is -0.497 e. The summed E-state index contributed by atoms with van der Waals surface area (Å²) in [5.41, 5.74) is 2.30. The van der Waals surface area contributed by atoms with Crippen LogP contribution in [-0.4, -0.2) is 39.2 Å². The van der Waals surface area contributed by atoms with Gasteiger partial charge in [0.25, 0.3) is 0 Å². The fourth-order valence-electron chi connectivity index (χ4n) is 2.88. The Morgan fingerprint density at radius 3 is 2.22 bits per heavy atom. The van der Waals surface area contributed by atoms with Crippen molar-refractivity contribution in [1.29, 1.82) is 0 Å². The van der Waals surface area contributed by atoms with Crippen molar-refractivity contribution in [2.75, 3.05) is 28.4 Å². The van der Waals surface area contributed by atoms with Crippen molar-refractivity contribution in [2.45, 2.75) is 0 Å². The van der Waals surface area contributed by atoms with Crippen LogP contribution in [0.2, 0.25) is 0 Å². The molecule has 0 bridgehead atoms. The van der Waals surface area contributed by atoms with Gasteiger partial charge >= 0.3 is 0 Å². The molecule has 2 aromatic carbocycles. The van der Waals surface area contributed by atoms with Crippen LogP contribution in [0.1, 0.15) is 15.9 Å². The molecular weight excluding hydrogens is 346 g/mol. The summed E-state index contributed by atoms with van der Waals surface area (Å²) in [6, 6.07) is 9.01. The molecule has 0 unspecified atom stereocenters. The molecule has 3 aromatic rings. The summed E-state index contributed by atoms with van der Waals surface area (Å²) in [5.74, 6) is 1.93. The highest BCUT2D eigenvalue weighted by Gasteiger charge is 2.15. The zero-order chi connectivity index (χ0) is 19.4. The number of hydrogen-bond acceptors (Lipinski definition) is 5. The second-order valence-electron chi connectivity index (χ2n) is 5.77. The van der Waals surface area contributed by atoms with Gasteiger partial charge in [0.2, 0.25) is 5.75 Å². The van der Waals surface area contributed by atoms with Gasteiger partial charge in [0.15, 0.2) is 17.3 Å². The first kappa shape index (κ1) is 18.4. The zero-order valence-corrected chi connectivity index (χ0v) is 15.7. The monoisotopic (exact) mass is 367 g/mol. The predicted octanol–water partition coefficient (Wildman–Crippen LogP) is 4.10. The number of aromatic nitrogens is 1. The number of carbonyl (C=O) groups excluding carboxylic acids is 1. The quantitative estimate of drug-likeness (QED) is 0.503. The summed E-state index contributed by atoms with van der Waals surface area (Å²) < 4.78 is 21.1. The van der Waals surface area contributed by atoms with Gasteiger partial charge in [-0.15, -0.1) is 0 Å². The Morgan fingerprint density at radius 2 is 1.63 bits per heavy atom. The van der Waals surface area contributed by atoms with Crippen LogP contribution in [0.25, 0.3) is 17.0 Å². The van der Waals surface area contributed by atoms with Crippen molar-refractivity contribution >= 4 is 22.8 Å². The van der Waals surface area contributed by atoms with Crippen molar-refractivity contribution in [3.63, 3.8) is 0 Å². The Bertz CT molecular complexity index is 978. The van der Waals surface area contributed by atoms with Crippen LogP contribution in [0.5, 0.6) is 23.0 Å². The first-order valence-electron chi connectivity index (χ1n) is 8.28. The molecule has 6 nitrogen and oxygen atoms in total. The van der Waals surface area contributed by atoms with E-state index in [0.29, 0.717) is 22.8 Å². The number of allylic oxidation sites excluding steroid dienone is 1. The number of nitrogens with one attached hydrogen (secondary N) is 1. The van der Waals surface area contributed by atoms with Crippen LogP contribution in [0.3, 0.4) is 0 Å². The van der Waals surface area contributed by atoms with E-state index in [0.717, 1.165) is 22.2 Å². The van der Waals surface area contributed by atoms with Crippen LogP contribution >= 0.6 is 0 Å². The second kappa shape index (κ2) is 7.86. The maximum atomic E-state index is 12.6. The van der Waals surface area contributed by atoms with Crippen LogP contribution in [-0.2, 0) is 0 Å². The van der Waals surface area contributed by atoms with Crippen molar-refractivity contribution in [3.05, 3.63) is 53.7 Å². The van der Waals surface area contributed by atoms with E-state index in [1.54, 1.807) is 25.3 Å². The maximum Gasteiger partial charge on any atom is 0.203 e. The molecule has 0 aliphatic rings. The second-order valence-corrected chi connectivity index (χ2v) is 5.77. The molecule has 140 valence electrons. The topological polar surface area (TPSA) is 69.8 Å². The molecule has 0 aliphatic carbocycles. The first-order valence-corrected chi connectivity index (χ1v) is 8.28. The number of fused-ring (bicyclic) bond motifs is 1. The highest BCUT2D eigenvalue weighted by atomic mass is 16.5. The number of rotatable bonds is 7. The highest BCUT2D eigenvalue weighted by Crippen LogP contribution is 2.38. The smallest absolute Gasteiger partial charge is 0.203 e. The lowest BCUT2D eigenvalue weighted by Gasteiger charge is -2.13. The van der Waals surface area contributed by atoms with E-state index in [2.05, 4.69) is 4.98 Å². The van der Waals surface area contributed by atoms with Gasteiger partial charge in [-0.05, 0) is 42.0 Å². The minimum absolute atomic E-state index is 0.169. The number of H-pyrrole nitrogens is 1. The average Bonchev–Trinajstić information content (AvgIpc) is 3.12. The number of ether oxygens (including phenoxy) is 4. The molecule has 0 aliphatic heterocycles. The van der Waals surface area contributed by atoms with Crippen LogP contribution in [0.15, 0.2) is 42.6 Å². The fourth-order valence-corrected chi connectivity index (χ4v) is 2.88. The molecule has 1 aromatic heterocycles. The molecule has 0 fully saturated rings. The van der Waals surface area contributed by atoms with Gasteiger partial charge in [0, 0.05) is 28.7 Å². The van der Waals surface area contributed by atoms with Crippen molar-refractivity contribution in [2.24, 2.45) is 0 Å². The average molecular weight is 367 g/mol. The summed E-state index contributed by atoms with van der Waals surface area (Å²) in [7, 11) is 6.18. The lowest BCUT2D eigenvalue weighted by Crippen LogP contribution is -2.00. The molecule has 0 radical (unpaired) electrons. The Morgan fingerprint density at radius 1 is 0.926 bits per heavy atom. The molecule has 0 spiro atoms. The van der Waals surface area contributed by atoms with E-state index in [-0.39, 0.29) is 5.78 Å². The van der Waals surface area contributed by atoms with E-state index < -0.39 is 0 Å². The van der Waals surface area contributed by atoms with Gasteiger partial charge in [-0.1, -0.05) is 0 Å². The lowest BCUT2D eigenvalue weighted by molar-refractivity contribution is 0.104. The number of hydrogen-bond donors (Lipinski definition) is 1. The molecule has 1 N–H and O–H groups in total. The lowest BCUT2D eigenvalue weighted by atomic mass is 10.1. The van der Waals surface area contributed by atoms with Gasteiger partial charge in [-0.2, -0.15) is 0 Å². The first-order chi connectivity index (χ1) is 13.1. The summed E-state index contributed by atoms with van der Waals surface area (Å²) in [5, 5.41) is 1.00. The molecule has 3 rings (SSSR count). The van der Waals surface area contributed by atoms with Crippen molar-refractivity contribution < 1.29 is 23.7 Å². The van der Waals surface area contributed by atoms with E-state index >= 15 is 0 Å². The van der Waals surface area contributed by atoms with E-state index in [9.17, 15) is 4.79 Å². The van der Waals surface area contributed by atoms with E-state index in [1.807, 2.05) is 24.4 Å². The maximum absolute atomic E-state index is 12.6. The highest BCUT2D eigenvalue weighted by molar-refractivity contribution is 6.08. The third-order valence-corrected chi connectivity index (χ3v) is 4.28. The number of benzene rings is 2. The van der Waals surface area contributed by atoms with Crippen LogP contribution < -0.4 is 18.9 Å². The Hall–Kier alpha value is -3.41. The summed E-state index contributed by atoms with van der Waals surface area (Å²) in [6.45, 7) is 0. The standard InChI is InChI=1S/C21H21NO5/c1-24-15-6-7-16-13(12-22-17(16)11-15)5-8-18(23)14-9-19(25-2)21(27-4)20(10-14)26-3/h5-12,22H,1-4H3/b8-5+. The number of ketones is 1. The predicted molar refractivity (Wildman–Crippen MR) is 104 cm³/mol. The van der Waals surface area contributed by atoms with Gasteiger partial charge in [0.1, 0.15) is 5.75 Å². The molecule has 6 heteroatoms. The molecule has 1 heterocycles. The summed E-state index contributed by atoms with van der Waals surface area (Å²) in [4.78, 5) is 15.8. The van der Waals surface area contributed by atoms with E-state index in [1.165, 1.54) is 27.4 Å². The largest absolute Gasteiger partial charge is 0.497 e. The van der Waals surface area contributed by atoms with Gasteiger partial charge in [0.05, 0.1) is 28.4 Å². The van der Waals surface area contributed by atoms with Gasteiger partial charge < -0.3 is 23.9 Å². The molecule has 0 saturated heterocycles. The normalized spacial score (nSPS) is 11.0. The number of aromatic amines is 1. The number of carbonyl (C=O) groups is 1. The third-order valence-electron chi connectivity index (χ3n) is 4.28. The van der Waals surface area contributed by atoms with Gasteiger partial charge in [-0.3, -0.25) is 4.79 Å². The van der Waals surface area contributed by atoms with Crippen molar-refractivity contribution in [1.82, 2.24) is 4.98 Å². The third kappa shape index (κ3) is 3.60. The molecule has 0 atom stereocenters. The molecular formula is C21H21NO5. The Labute approximate surface area is 157 Å².